The lowest BCUT2D eigenvalue weighted by Gasteiger charge is -2.17. The molecule has 3 rings (SSSR count). The standard InChI is InChI=1S/C18H20N2O/c1-2-12-8-14-11-17(21)20-18(14)15(9-12)16(19)10-13-6-4-3-5-7-13/h3-9,16H,2,10-11,19H2,1H3,(H,20,21). The van der Waals surface area contributed by atoms with E-state index in [0.717, 1.165) is 29.7 Å². The number of hydrogen-bond acceptors (Lipinski definition) is 2. The van der Waals surface area contributed by atoms with Crippen molar-refractivity contribution in [2.45, 2.75) is 32.2 Å². The van der Waals surface area contributed by atoms with Crippen LogP contribution in [0.15, 0.2) is 42.5 Å². The highest BCUT2D eigenvalue weighted by Crippen LogP contribution is 2.33. The molecule has 0 aliphatic carbocycles. The van der Waals surface area contributed by atoms with Gasteiger partial charge in [0.25, 0.3) is 0 Å². The zero-order valence-corrected chi connectivity index (χ0v) is 12.2. The van der Waals surface area contributed by atoms with E-state index in [2.05, 4.69) is 36.5 Å². The van der Waals surface area contributed by atoms with Crippen molar-refractivity contribution in [2.24, 2.45) is 5.73 Å². The highest BCUT2D eigenvalue weighted by molar-refractivity contribution is 6.00. The van der Waals surface area contributed by atoms with Gasteiger partial charge in [0, 0.05) is 11.7 Å². The van der Waals surface area contributed by atoms with E-state index in [-0.39, 0.29) is 11.9 Å². The third kappa shape index (κ3) is 2.83. The first kappa shape index (κ1) is 13.8. The maximum atomic E-state index is 11.7. The minimum atomic E-state index is -0.106. The minimum Gasteiger partial charge on any atom is -0.325 e. The van der Waals surface area contributed by atoms with Gasteiger partial charge < -0.3 is 11.1 Å². The molecule has 1 heterocycles. The van der Waals surface area contributed by atoms with Gasteiger partial charge in [-0.2, -0.15) is 0 Å². The number of aryl methyl sites for hydroxylation is 1. The molecule has 21 heavy (non-hydrogen) atoms. The number of carbonyl (C=O) groups excluding carboxylic acids is 1. The van der Waals surface area contributed by atoms with Crippen LogP contribution in [-0.2, 0) is 24.1 Å². The van der Waals surface area contributed by atoms with Gasteiger partial charge in [-0.3, -0.25) is 4.79 Å². The first-order valence-corrected chi connectivity index (χ1v) is 7.42. The van der Waals surface area contributed by atoms with Crippen molar-refractivity contribution in [3.63, 3.8) is 0 Å². The maximum Gasteiger partial charge on any atom is 0.228 e. The van der Waals surface area contributed by atoms with Crippen LogP contribution in [0.25, 0.3) is 0 Å². The Kier molecular flexibility index (Phi) is 3.76. The van der Waals surface area contributed by atoms with Crippen molar-refractivity contribution in [1.82, 2.24) is 0 Å². The Morgan fingerprint density at radius 1 is 1.19 bits per heavy atom. The van der Waals surface area contributed by atoms with Gasteiger partial charge in [-0.15, -0.1) is 0 Å². The van der Waals surface area contributed by atoms with Crippen LogP contribution in [-0.4, -0.2) is 5.91 Å². The van der Waals surface area contributed by atoms with Crippen LogP contribution in [0.1, 0.15) is 35.2 Å². The van der Waals surface area contributed by atoms with Gasteiger partial charge in [-0.25, -0.2) is 0 Å². The van der Waals surface area contributed by atoms with Crippen molar-refractivity contribution in [1.29, 1.82) is 0 Å². The zero-order chi connectivity index (χ0) is 14.8. The number of nitrogens with two attached hydrogens (primary N) is 1. The van der Waals surface area contributed by atoms with E-state index in [1.54, 1.807) is 0 Å². The monoisotopic (exact) mass is 280 g/mol. The van der Waals surface area contributed by atoms with Gasteiger partial charge in [0.1, 0.15) is 0 Å². The lowest BCUT2D eigenvalue weighted by atomic mass is 9.93. The van der Waals surface area contributed by atoms with Crippen molar-refractivity contribution < 1.29 is 4.79 Å². The van der Waals surface area contributed by atoms with Crippen LogP contribution in [0.5, 0.6) is 0 Å². The average Bonchev–Trinajstić information content (AvgIpc) is 2.87. The Bertz CT molecular complexity index is 664. The van der Waals surface area contributed by atoms with Crippen LogP contribution >= 0.6 is 0 Å². The highest BCUT2D eigenvalue weighted by atomic mass is 16.1. The third-order valence-corrected chi connectivity index (χ3v) is 4.03. The number of amides is 1. The molecule has 3 nitrogen and oxygen atoms in total. The molecule has 3 N–H and O–H groups in total. The van der Waals surface area contributed by atoms with Crippen molar-refractivity contribution in [3.05, 3.63) is 64.7 Å². The fourth-order valence-electron chi connectivity index (χ4n) is 2.92. The minimum absolute atomic E-state index is 0.0615. The molecule has 0 spiro atoms. The third-order valence-electron chi connectivity index (χ3n) is 4.03. The summed E-state index contributed by atoms with van der Waals surface area (Å²) in [5.74, 6) is 0.0615. The molecule has 0 aromatic heterocycles. The molecule has 1 unspecified atom stereocenters. The molecule has 0 saturated heterocycles. The molecule has 1 amide bonds. The number of anilines is 1. The number of benzene rings is 2. The molecular weight excluding hydrogens is 260 g/mol. The Morgan fingerprint density at radius 2 is 1.95 bits per heavy atom. The molecule has 0 saturated carbocycles. The first-order valence-electron chi connectivity index (χ1n) is 7.42. The predicted molar refractivity (Wildman–Crippen MR) is 85.2 cm³/mol. The lowest BCUT2D eigenvalue weighted by molar-refractivity contribution is -0.115. The van der Waals surface area contributed by atoms with Gasteiger partial charge >= 0.3 is 0 Å². The zero-order valence-electron chi connectivity index (χ0n) is 12.2. The molecule has 1 atom stereocenters. The van der Waals surface area contributed by atoms with Gasteiger partial charge in [-0.1, -0.05) is 49.4 Å². The van der Waals surface area contributed by atoms with E-state index in [9.17, 15) is 4.79 Å². The van der Waals surface area contributed by atoms with Gasteiger partial charge in [0.15, 0.2) is 0 Å². The summed E-state index contributed by atoms with van der Waals surface area (Å²) in [4.78, 5) is 11.7. The Labute approximate surface area is 125 Å². The van der Waals surface area contributed by atoms with Crippen molar-refractivity contribution >= 4 is 11.6 Å². The molecule has 1 aliphatic heterocycles. The van der Waals surface area contributed by atoms with E-state index in [0.29, 0.717) is 6.42 Å². The number of carbonyl (C=O) groups is 1. The van der Waals surface area contributed by atoms with Crippen LogP contribution in [0, 0.1) is 0 Å². The van der Waals surface area contributed by atoms with Crippen LogP contribution in [0.4, 0.5) is 5.69 Å². The first-order chi connectivity index (χ1) is 10.2. The molecule has 2 aromatic rings. The molecule has 0 bridgehead atoms. The van der Waals surface area contributed by atoms with E-state index in [1.165, 1.54) is 11.1 Å². The topological polar surface area (TPSA) is 55.1 Å². The summed E-state index contributed by atoms with van der Waals surface area (Å²) < 4.78 is 0. The second kappa shape index (κ2) is 5.70. The van der Waals surface area contributed by atoms with E-state index < -0.39 is 0 Å². The summed E-state index contributed by atoms with van der Waals surface area (Å²) in [6, 6.07) is 14.4. The Morgan fingerprint density at radius 3 is 2.67 bits per heavy atom. The summed E-state index contributed by atoms with van der Waals surface area (Å²) in [6.07, 6.45) is 2.19. The number of fused-ring (bicyclic) bond motifs is 1. The van der Waals surface area contributed by atoms with Crippen LogP contribution in [0.3, 0.4) is 0 Å². The van der Waals surface area contributed by atoms with Crippen molar-refractivity contribution in [2.75, 3.05) is 5.32 Å². The highest BCUT2D eigenvalue weighted by Gasteiger charge is 2.24. The second-order valence-electron chi connectivity index (χ2n) is 5.59. The van der Waals surface area contributed by atoms with Crippen molar-refractivity contribution in [3.8, 4) is 0 Å². The fourth-order valence-corrected chi connectivity index (χ4v) is 2.92. The largest absolute Gasteiger partial charge is 0.325 e. The van der Waals surface area contributed by atoms with E-state index in [1.807, 2.05) is 18.2 Å². The number of nitrogens with one attached hydrogen (secondary N) is 1. The Hall–Kier alpha value is -2.13. The van der Waals surface area contributed by atoms with E-state index in [4.69, 9.17) is 5.73 Å². The molecule has 1 aliphatic rings. The molecule has 0 fully saturated rings. The normalized spacial score (nSPS) is 14.7. The number of rotatable bonds is 4. The maximum absolute atomic E-state index is 11.7. The average molecular weight is 280 g/mol. The molecule has 108 valence electrons. The van der Waals surface area contributed by atoms with Gasteiger partial charge in [0.2, 0.25) is 5.91 Å². The van der Waals surface area contributed by atoms with Gasteiger partial charge in [-0.05, 0) is 35.1 Å². The number of hydrogen-bond donors (Lipinski definition) is 2. The van der Waals surface area contributed by atoms with Crippen LogP contribution in [0.2, 0.25) is 0 Å². The predicted octanol–water partition coefficient (Wildman–Crippen LogP) is 2.99. The van der Waals surface area contributed by atoms with Crippen LogP contribution < -0.4 is 11.1 Å². The summed E-state index contributed by atoms with van der Waals surface area (Å²) in [6.45, 7) is 2.12. The SMILES string of the molecule is CCc1cc2c(c(C(N)Cc3ccccc3)c1)NC(=O)C2. The Balaban J connectivity index is 1.94. The summed E-state index contributed by atoms with van der Waals surface area (Å²) in [7, 11) is 0. The van der Waals surface area contributed by atoms with Gasteiger partial charge in [0.05, 0.1) is 6.42 Å². The molecular formula is C18H20N2O. The smallest absolute Gasteiger partial charge is 0.228 e. The lowest BCUT2D eigenvalue weighted by Crippen LogP contribution is -2.16. The molecule has 0 radical (unpaired) electrons. The quantitative estimate of drug-likeness (QED) is 0.904. The van der Waals surface area contributed by atoms with E-state index >= 15 is 0 Å². The fraction of sp³-hybridized carbons (Fsp3) is 0.278. The summed E-state index contributed by atoms with van der Waals surface area (Å²) in [5, 5.41) is 2.97. The molecule has 2 aromatic carbocycles. The second-order valence-corrected chi connectivity index (χ2v) is 5.59. The summed E-state index contributed by atoms with van der Waals surface area (Å²) >= 11 is 0. The molecule has 3 heteroatoms. The summed E-state index contributed by atoms with van der Waals surface area (Å²) in [5.41, 5.74) is 11.9.